The van der Waals surface area contributed by atoms with Crippen molar-refractivity contribution in [3.8, 4) is 0 Å². The lowest BCUT2D eigenvalue weighted by Gasteiger charge is -2.20. The topological polar surface area (TPSA) is 127 Å². The number of aliphatic hydroxyl groups is 2. The summed E-state index contributed by atoms with van der Waals surface area (Å²) in [6.07, 6.45) is 0.571. The number of aromatic amines is 1. The molecular formula is C19H20ClFN6O3. The van der Waals surface area contributed by atoms with Crippen molar-refractivity contribution in [1.29, 1.82) is 0 Å². The predicted molar refractivity (Wildman–Crippen MR) is 108 cm³/mol. The third-order valence-electron chi connectivity index (χ3n) is 5.15. The number of rotatable bonds is 5. The van der Waals surface area contributed by atoms with Crippen LogP contribution in [0.5, 0.6) is 0 Å². The Morgan fingerprint density at radius 1 is 1.33 bits per heavy atom. The Hall–Kier alpha value is -2.82. The molecule has 4 N–H and O–H groups in total. The van der Waals surface area contributed by atoms with Crippen LogP contribution in [0.25, 0.3) is 11.0 Å². The summed E-state index contributed by atoms with van der Waals surface area (Å²) in [6.45, 7) is 0.120. The Morgan fingerprint density at radius 3 is 2.83 bits per heavy atom. The average Bonchev–Trinajstić information content (AvgIpc) is 3.26. The summed E-state index contributed by atoms with van der Waals surface area (Å²) in [5, 5.41) is 30.4. The summed E-state index contributed by atoms with van der Waals surface area (Å²) < 4.78 is 13.6. The molecule has 1 amide bonds. The van der Waals surface area contributed by atoms with Gasteiger partial charge in [-0.2, -0.15) is 5.10 Å². The van der Waals surface area contributed by atoms with Crippen LogP contribution in [-0.4, -0.2) is 66.5 Å². The summed E-state index contributed by atoms with van der Waals surface area (Å²) in [5.74, 6) is -0.579. The van der Waals surface area contributed by atoms with Gasteiger partial charge in [0.1, 0.15) is 18.0 Å². The maximum Gasteiger partial charge on any atom is 0.275 e. The van der Waals surface area contributed by atoms with E-state index in [9.17, 15) is 19.4 Å². The van der Waals surface area contributed by atoms with E-state index < -0.39 is 30.0 Å². The van der Waals surface area contributed by atoms with E-state index in [1.165, 1.54) is 23.4 Å². The highest BCUT2D eigenvalue weighted by atomic mass is 35.5. The molecule has 2 heterocycles. The second kappa shape index (κ2) is 8.13. The Bertz CT molecular complexity index is 1070. The van der Waals surface area contributed by atoms with Crippen LogP contribution >= 0.6 is 11.6 Å². The highest BCUT2D eigenvalue weighted by Gasteiger charge is 2.34. The fourth-order valence-corrected chi connectivity index (χ4v) is 3.89. The van der Waals surface area contributed by atoms with Crippen LogP contribution in [0.1, 0.15) is 28.9 Å². The van der Waals surface area contributed by atoms with E-state index in [2.05, 4.69) is 25.5 Å². The molecule has 11 heteroatoms. The fourth-order valence-electron chi connectivity index (χ4n) is 3.65. The van der Waals surface area contributed by atoms with Crippen LogP contribution in [0, 0.1) is 5.82 Å². The van der Waals surface area contributed by atoms with Gasteiger partial charge in [0.25, 0.3) is 5.91 Å². The summed E-state index contributed by atoms with van der Waals surface area (Å²) in [5.41, 5.74) is 0.977. The number of amides is 1. The minimum absolute atomic E-state index is 0.0890. The van der Waals surface area contributed by atoms with Crippen LogP contribution < -0.4 is 5.32 Å². The van der Waals surface area contributed by atoms with Crippen LogP contribution in [0.4, 0.5) is 10.2 Å². The minimum Gasteiger partial charge on any atom is -0.390 e. The van der Waals surface area contributed by atoms with E-state index in [1.54, 1.807) is 13.1 Å². The first-order valence-corrected chi connectivity index (χ1v) is 9.73. The first-order valence-electron chi connectivity index (χ1n) is 9.35. The molecule has 0 unspecified atom stereocenters. The van der Waals surface area contributed by atoms with E-state index in [-0.39, 0.29) is 17.3 Å². The number of H-pyrrole nitrogens is 1. The van der Waals surface area contributed by atoms with E-state index in [4.69, 9.17) is 11.6 Å². The van der Waals surface area contributed by atoms with Gasteiger partial charge in [0.05, 0.1) is 23.6 Å². The zero-order valence-electron chi connectivity index (χ0n) is 16.0. The number of carbonyl (C=O) groups excluding carboxylic acids is 1. The standard InChI is InChI=1S/C19H20ClFN6O3/c1-27(7-9-4-10(20)6-11(21)5-9)19(30)15-14-17(22-8-23-18(14)26-25-15)24-12-2-3-13(28)16(12)29/h4-6,8,12-13,16,28-29H,2-3,7H2,1H3,(H2,22,23,24,25,26)/t12-,13-,16+/m1/s1. The van der Waals surface area contributed by atoms with Gasteiger partial charge < -0.3 is 20.4 Å². The first kappa shape index (κ1) is 20.5. The average molecular weight is 435 g/mol. The summed E-state index contributed by atoms with van der Waals surface area (Å²) in [7, 11) is 1.57. The molecule has 0 spiro atoms. The minimum atomic E-state index is -0.943. The Balaban J connectivity index is 1.61. The van der Waals surface area contributed by atoms with Crippen molar-refractivity contribution in [3.05, 3.63) is 46.6 Å². The van der Waals surface area contributed by atoms with Crippen LogP contribution in [0.15, 0.2) is 24.5 Å². The van der Waals surface area contributed by atoms with Gasteiger partial charge in [0.2, 0.25) is 0 Å². The number of hydrogen-bond acceptors (Lipinski definition) is 7. The zero-order chi connectivity index (χ0) is 21.4. The molecule has 1 saturated carbocycles. The van der Waals surface area contributed by atoms with Crippen molar-refractivity contribution in [2.24, 2.45) is 0 Å². The van der Waals surface area contributed by atoms with Gasteiger partial charge in [0.15, 0.2) is 11.3 Å². The molecule has 3 aromatic rings. The SMILES string of the molecule is CN(Cc1cc(F)cc(Cl)c1)C(=O)c1n[nH]c2ncnc(N[C@@H]3CC[C@@H](O)[C@H]3O)c12. The number of fused-ring (bicyclic) bond motifs is 1. The molecule has 158 valence electrons. The van der Waals surface area contributed by atoms with Crippen molar-refractivity contribution >= 4 is 34.4 Å². The number of anilines is 1. The largest absolute Gasteiger partial charge is 0.390 e. The molecule has 3 atom stereocenters. The maximum atomic E-state index is 13.6. The Kier molecular flexibility index (Phi) is 5.54. The second-order valence-electron chi connectivity index (χ2n) is 7.34. The lowest BCUT2D eigenvalue weighted by molar-refractivity contribution is 0.0392. The number of aliphatic hydroxyl groups excluding tert-OH is 2. The van der Waals surface area contributed by atoms with Crippen molar-refractivity contribution < 1.29 is 19.4 Å². The van der Waals surface area contributed by atoms with Crippen molar-refractivity contribution in [2.45, 2.75) is 37.6 Å². The number of nitrogens with zero attached hydrogens (tertiary/aromatic N) is 4. The number of carbonyl (C=O) groups is 1. The molecule has 0 saturated heterocycles. The highest BCUT2D eigenvalue weighted by Crippen LogP contribution is 2.28. The molecule has 1 aromatic carbocycles. The first-order chi connectivity index (χ1) is 14.3. The number of aromatic nitrogens is 4. The number of nitrogens with one attached hydrogen (secondary N) is 2. The summed E-state index contributed by atoms with van der Waals surface area (Å²) in [6, 6.07) is 3.67. The van der Waals surface area contributed by atoms with Crippen LogP contribution in [0.3, 0.4) is 0 Å². The molecule has 0 aliphatic heterocycles. The maximum absolute atomic E-state index is 13.6. The van der Waals surface area contributed by atoms with Crippen molar-refractivity contribution in [1.82, 2.24) is 25.1 Å². The smallest absolute Gasteiger partial charge is 0.275 e. The van der Waals surface area contributed by atoms with Gasteiger partial charge in [-0.1, -0.05) is 11.6 Å². The predicted octanol–water partition coefficient (Wildman–Crippen LogP) is 1.71. The van der Waals surface area contributed by atoms with E-state index in [0.29, 0.717) is 35.3 Å². The van der Waals surface area contributed by atoms with Crippen molar-refractivity contribution in [3.63, 3.8) is 0 Å². The molecule has 0 radical (unpaired) electrons. The molecule has 9 nitrogen and oxygen atoms in total. The van der Waals surface area contributed by atoms with E-state index in [1.807, 2.05) is 0 Å². The van der Waals surface area contributed by atoms with Crippen molar-refractivity contribution in [2.75, 3.05) is 12.4 Å². The highest BCUT2D eigenvalue weighted by molar-refractivity contribution is 6.30. The fraction of sp³-hybridized carbons (Fsp3) is 0.368. The summed E-state index contributed by atoms with van der Waals surface area (Å²) in [4.78, 5) is 22.7. The lowest BCUT2D eigenvalue weighted by Crippen LogP contribution is -2.34. The molecule has 1 aliphatic rings. The van der Waals surface area contributed by atoms with Crippen LogP contribution in [-0.2, 0) is 6.54 Å². The molecule has 1 fully saturated rings. The third-order valence-corrected chi connectivity index (χ3v) is 5.37. The van der Waals surface area contributed by atoms with Gasteiger partial charge in [-0.3, -0.25) is 9.89 Å². The summed E-state index contributed by atoms with van der Waals surface area (Å²) >= 11 is 5.89. The zero-order valence-corrected chi connectivity index (χ0v) is 16.8. The quantitative estimate of drug-likeness (QED) is 0.481. The Labute approximate surface area is 175 Å². The van der Waals surface area contributed by atoms with Gasteiger partial charge in [-0.05, 0) is 36.6 Å². The molecule has 1 aliphatic carbocycles. The third kappa shape index (κ3) is 3.93. The number of hydrogen-bond donors (Lipinski definition) is 4. The molecule has 4 rings (SSSR count). The number of halogens is 2. The molecule has 0 bridgehead atoms. The van der Waals surface area contributed by atoms with Gasteiger partial charge in [0, 0.05) is 18.6 Å². The van der Waals surface area contributed by atoms with Gasteiger partial charge in [-0.15, -0.1) is 0 Å². The number of benzene rings is 1. The van der Waals surface area contributed by atoms with Gasteiger partial charge in [-0.25, -0.2) is 14.4 Å². The normalized spacial score (nSPS) is 21.2. The molecule has 2 aromatic heterocycles. The van der Waals surface area contributed by atoms with Gasteiger partial charge >= 0.3 is 0 Å². The lowest BCUT2D eigenvalue weighted by atomic mass is 10.1. The second-order valence-corrected chi connectivity index (χ2v) is 7.78. The van der Waals surface area contributed by atoms with E-state index >= 15 is 0 Å². The van der Waals surface area contributed by atoms with Crippen LogP contribution in [0.2, 0.25) is 5.02 Å². The van der Waals surface area contributed by atoms with E-state index in [0.717, 1.165) is 0 Å². The molecule has 30 heavy (non-hydrogen) atoms. The molecular weight excluding hydrogens is 415 g/mol. The monoisotopic (exact) mass is 434 g/mol. The Morgan fingerprint density at radius 2 is 2.13 bits per heavy atom.